The molecule has 0 aliphatic rings. The highest BCUT2D eigenvalue weighted by Crippen LogP contribution is 2.35. The third-order valence-corrected chi connectivity index (χ3v) is 2.26. The molecule has 0 aromatic heterocycles. The fraction of sp³-hybridized carbons (Fsp3) is 0.400. The van der Waals surface area contributed by atoms with Gasteiger partial charge in [-0.1, -0.05) is 0 Å². The molecule has 1 nitrogen and oxygen atoms in total. The predicted molar refractivity (Wildman–Crippen MR) is 47.5 cm³/mol. The highest BCUT2D eigenvalue weighted by molar-refractivity contribution is 5.44. The Bertz CT molecular complexity index is 342. The topological polar surface area (TPSA) is 9.23 Å². The highest BCUT2D eigenvalue weighted by atomic mass is 19.4. The summed E-state index contributed by atoms with van der Waals surface area (Å²) in [5, 5.41) is 0. The molecule has 14 heavy (non-hydrogen) atoms. The maximum absolute atomic E-state index is 12.4. The largest absolute Gasteiger partial charge is 0.496 e. The predicted octanol–water partition coefficient (Wildman–Crippen LogP) is 3.33. The van der Waals surface area contributed by atoms with Crippen LogP contribution in [-0.2, 0) is 6.18 Å². The number of alkyl halides is 3. The van der Waals surface area contributed by atoms with Gasteiger partial charge in [0, 0.05) is 0 Å². The number of ether oxygens (including phenoxy) is 1. The Morgan fingerprint density at radius 3 is 2.07 bits per heavy atom. The van der Waals surface area contributed by atoms with Crippen molar-refractivity contribution >= 4 is 0 Å². The van der Waals surface area contributed by atoms with Gasteiger partial charge in [-0.05, 0) is 37.1 Å². The van der Waals surface area contributed by atoms with Crippen molar-refractivity contribution in [3.63, 3.8) is 0 Å². The molecule has 1 aromatic rings. The summed E-state index contributed by atoms with van der Waals surface area (Å²) < 4.78 is 42.2. The Hall–Kier alpha value is -1.19. The van der Waals surface area contributed by atoms with Gasteiger partial charge in [0.2, 0.25) is 0 Å². The molecule has 1 aromatic carbocycles. The van der Waals surface area contributed by atoms with Crippen molar-refractivity contribution in [2.24, 2.45) is 0 Å². The molecule has 4 heteroatoms. The molecule has 0 atom stereocenters. The molecule has 0 saturated heterocycles. The number of halogens is 3. The van der Waals surface area contributed by atoms with Crippen LogP contribution in [0.1, 0.15) is 16.7 Å². The second-order valence-electron chi connectivity index (χ2n) is 3.06. The molecule has 0 unspecified atom stereocenters. The lowest BCUT2D eigenvalue weighted by Crippen LogP contribution is -2.08. The summed E-state index contributed by atoms with van der Waals surface area (Å²) in [7, 11) is 1.44. The van der Waals surface area contributed by atoms with Crippen LogP contribution in [0.2, 0.25) is 0 Å². The van der Waals surface area contributed by atoms with Crippen LogP contribution in [0, 0.1) is 13.8 Å². The second-order valence-corrected chi connectivity index (χ2v) is 3.06. The van der Waals surface area contributed by atoms with Crippen LogP contribution in [0.25, 0.3) is 0 Å². The van der Waals surface area contributed by atoms with Crippen molar-refractivity contribution in [3.05, 3.63) is 28.8 Å². The first-order chi connectivity index (χ1) is 6.38. The minimum Gasteiger partial charge on any atom is -0.496 e. The van der Waals surface area contributed by atoms with Crippen molar-refractivity contribution < 1.29 is 17.9 Å². The Balaban J connectivity index is 3.31. The van der Waals surface area contributed by atoms with E-state index in [0.717, 1.165) is 6.07 Å². The number of methoxy groups -OCH3 is 1. The maximum Gasteiger partial charge on any atom is 0.416 e. The van der Waals surface area contributed by atoms with E-state index in [2.05, 4.69) is 0 Å². The fourth-order valence-electron chi connectivity index (χ4n) is 1.32. The standard InChI is InChI=1S/C10H11F3O/c1-6-7(2)9(14-3)5-4-8(6)10(11,12)13/h4-5H,1-3H3. The van der Waals surface area contributed by atoms with Gasteiger partial charge in [0.15, 0.2) is 0 Å². The van der Waals surface area contributed by atoms with E-state index in [0.29, 0.717) is 11.3 Å². The van der Waals surface area contributed by atoms with E-state index in [1.165, 1.54) is 20.1 Å². The molecule has 0 radical (unpaired) electrons. The number of rotatable bonds is 1. The Morgan fingerprint density at radius 2 is 1.64 bits per heavy atom. The molecule has 0 aliphatic carbocycles. The summed E-state index contributed by atoms with van der Waals surface area (Å²) in [4.78, 5) is 0. The molecule has 0 amide bonds. The lowest BCUT2D eigenvalue weighted by atomic mass is 10.0. The van der Waals surface area contributed by atoms with E-state index in [1.54, 1.807) is 6.92 Å². The molecule has 0 bridgehead atoms. The van der Waals surface area contributed by atoms with E-state index >= 15 is 0 Å². The number of hydrogen-bond acceptors (Lipinski definition) is 1. The fourth-order valence-corrected chi connectivity index (χ4v) is 1.32. The zero-order chi connectivity index (χ0) is 10.9. The zero-order valence-electron chi connectivity index (χ0n) is 8.20. The minimum absolute atomic E-state index is 0.219. The van der Waals surface area contributed by atoms with Crippen LogP contribution in [0.3, 0.4) is 0 Å². The third kappa shape index (κ3) is 1.84. The highest BCUT2D eigenvalue weighted by Gasteiger charge is 2.33. The molecule has 0 fully saturated rings. The average molecular weight is 204 g/mol. The van der Waals surface area contributed by atoms with Crippen LogP contribution < -0.4 is 4.74 Å². The van der Waals surface area contributed by atoms with Crippen LogP contribution in [-0.4, -0.2) is 7.11 Å². The summed E-state index contributed by atoms with van der Waals surface area (Å²) in [6.07, 6.45) is -4.29. The van der Waals surface area contributed by atoms with Crippen LogP contribution in [0.5, 0.6) is 5.75 Å². The Morgan fingerprint density at radius 1 is 1.07 bits per heavy atom. The van der Waals surface area contributed by atoms with Gasteiger partial charge in [-0.15, -0.1) is 0 Å². The SMILES string of the molecule is COc1ccc(C(F)(F)F)c(C)c1C. The van der Waals surface area contributed by atoms with E-state index in [1.807, 2.05) is 0 Å². The maximum atomic E-state index is 12.4. The monoisotopic (exact) mass is 204 g/mol. The number of benzene rings is 1. The second kappa shape index (κ2) is 3.52. The number of hydrogen-bond donors (Lipinski definition) is 0. The Labute approximate surface area is 80.5 Å². The summed E-state index contributed by atoms with van der Waals surface area (Å²) in [5.74, 6) is 0.482. The smallest absolute Gasteiger partial charge is 0.416 e. The normalized spacial score (nSPS) is 11.6. The first-order valence-corrected chi connectivity index (χ1v) is 4.09. The minimum atomic E-state index is -4.29. The van der Waals surface area contributed by atoms with Crippen molar-refractivity contribution in [1.29, 1.82) is 0 Å². The molecule has 1 rings (SSSR count). The van der Waals surface area contributed by atoms with Crippen molar-refractivity contribution in [2.75, 3.05) is 7.11 Å². The van der Waals surface area contributed by atoms with E-state index in [4.69, 9.17) is 4.74 Å². The van der Waals surface area contributed by atoms with Gasteiger partial charge in [-0.3, -0.25) is 0 Å². The van der Waals surface area contributed by atoms with Crippen LogP contribution >= 0.6 is 0 Å². The van der Waals surface area contributed by atoms with E-state index in [-0.39, 0.29) is 5.56 Å². The van der Waals surface area contributed by atoms with E-state index in [9.17, 15) is 13.2 Å². The van der Waals surface area contributed by atoms with E-state index < -0.39 is 11.7 Å². The van der Waals surface area contributed by atoms with Gasteiger partial charge in [0.05, 0.1) is 12.7 Å². The molecule has 0 N–H and O–H groups in total. The van der Waals surface area contributed by atoms with Crippen LogP contribution in [0.4, 0.5) is 13.2 Å². The first-order valence-electron chi connectivity index (χ1n) is 4.09. The lowest BCUT2D eigenvalue weighted by Gasteiger charge is -2.14. The molecular formula is C10H11F3O. The molecule has 0 aliphatic heterocycles. The van der Waals surface area contributed by atoms with Gasteiger partial charge in [0.1, 0.15) is 5.75 Å². The summed E-state index contributed by atoms with van der Waals surface area (Å²) in [6, 6.07) is 2.38. The van der Waals surface area contributed by atoms with Crippen molar-refractivity contribution in [2.45, 2.75) is 20.0 Å². The van der Waals surface area contributed by atoms with Gasteiger partial charge < -0.3 is 4.74 Å². The third-order valence-electron chi connectivity index (χ3n) is 2.26. The quantitative estimate of drug-likeness (QED) is 0.681. The molecule has 0 spiro atoms. The first kappa shape index (κ1) is 10.9. The van der Waals surface area contributed by atoms with Gasteiger partial charge >= 0.3 is 6.18 Å². The molecule has 78 valence electrons. The molecule has 0 heterocycles. The van der Waals surface area contributed by atoms with Gasteiger partial charge in [-0.2, -0.15) is 13.2 Å². The average Bonchev–Trinajstić information content (AvgIpc) is 2.07. The van der Waals surface area contributed by atoms with Crippen molar-refractivity contribution in [1.82, 2.24) is 0 Å². The summed E-state index contributed by atoms with van der Waals surface area (Å²) in [5.41, 5.74) is 0.148. The molecular weight excluding hydrogens is 193 g/mol. The summed E-state index contributed by atoms with van der Waals surface area (Å²) >= 11 is 0. The van der Waals surface area contributed by atoms with Crippen LogP contribution in [0.15, 0.2) is 12.1 Å². The lowest BCUT2D eigenvalue weighted by molar-refractivity contribution is -0.138. The van der Waals surface area contributed by atoms with Gasteiger partial charge in [0.25, 0.3) is 0 Å². The van der Waals surface area contributed by atoms with Crippen molar-refractivity contribution in [3.8, 4) is 5.75 Å². The van der Waals surface area contributed by atoms with Gasteiger partial charge in [-0.25, -0.2) is 0 Å². The zero-order valence-corrected chi connectivity index (χ0v) is 8.20. The molecule has 0 saturated carbocycles. The Kier molecular flexibility index (Phi) is 2.73. The summed E-state index contributed by atoms with van der Waals surface area (Å²) in [6.45, 7) is 3.06.